The van der Waals surface area contributed by atoms with Crippen LogP contribution in [0.25, 0.3) is 0 Å². The van der Waals surface area contributed by atoms with Crippen LogP contribution in [0.5, 0.6) is 0 Å². The number of aryl methyl sites for hydroxylation is 1. The largest absolute Gasteiger partial charge is 0.519 e. The maximum absolute atomic E-state index is 11.5. The Morgan fingerprint density at radius 2 is 1.94 bits per heavy atom. The van der Waals surface area contributed by atoms with E-state index < -0.39 is 11.8 Å². The van der Waals surface area contributed by atoms with Gasteiger partial charge in [0.15, 0.2) is 5.76 Å². The van der Waals surface area contributed by atoms with Gasteiger partial charge >= 0.3 is 11.8 Å². The number of hydrogen-bond donors (Lipinski definition) is 0. The first-order valence-corrected chi connectivity index (χ1v) is 4.98. The summed E-state index contributed by atoms with van der Waals surface area (Å²) in [7, 11) is 0. The first-order chi connectivity index (χ1) is 8.16. The number of ether oxygens (including phenoxy) is 1. The molecule has 1 aromatic carbocycles. The second-order valence-electron chi connectivity index (χ2n) is 3.40. The van der Waals surface area contributed by atoms with Gasteiger partial charge in [-0.1, -0.05) is 30.3 Å². The molecule has 17 heavy (non-hydrogen) atoms. The molecule has 0 spiro atoms. The first kappa shape index (κ1) is 11.2. The van der Waals surface area contributed by atoms with Gasteiger partial charge in [0.1, 0.15) is 6.61 Å². The molecule has 0 aliphatic carbocycles. The van der Waals surface area contributed by atoms with Crippen LogP contribution in [0.2, 0.25) is 0 Å². The minimum Gasteiger partial charge on any atom is -0.455 e. The van der Waals surface area contributed by atoms with Gasteiger partial charge in [-0.2, -0.15) is 0 Å². The van der Waals surface area contributed by atoms with E-state index in [0.29, 0.717) is 0 Å². The van der Waals surface area contributed by atoms with Gasteiger partial charge in [0.2, 0.25) is 0 Å². The van der Waals surface area contributed by atoms with Gasteiger partial charge in [-0.05, 0) is 12.5 Å². The summed E-state index contributed by atoms with van der Waals surface area (Å²) in [6, 6.07) is 9.20. The smallest absolute Gasteiger partial charge is 0.455 e. The lowest BCUT2D eigenvalue weighted by molar-refractivity contribution is 0.0433. The Bertz CT molecular complexity index is 564. The van der Waals surface area contributed by atoms with Crippen molar-refractivity contribution >= 4 is 5.97 Å². The SMILES string of the molecule is Cc1oc(=O)oc1C(=O)OCc1ccccc1. The Balaban J connectivity index is 2.03. The van der Waals surface area contributed by atoms with Crippen molar-refractivity contribution in [1.29, 1.82) is 0 Å². The third-order valence-corrected chi connectivity index (χ3v) is 2.14. The molecule has 5 heteroatoms. The fraction of sp³-hybridized carbons (Fsp3) is 0.167. The highest BCUT2D eigenvalue weighted by Crippen LogP contribution is 2.09. The molecular weight excluding hydrogens is 224 g/mol. The molecule has 0 bridgehead atoms. The summed E-state index contributed by atoms with van der Waals surface area (Å²) in [6.07, 6.45) is 0. The van der Waals surface area contributed by atoms with Crippen LogP contribution in [0.4, 0.5) is 0 Å². The number of carbonyl (C=O) groups is 1. The Labute approximate surface area is 96.6 Å². The molecule has 0 N–H and O–H groups in total. The second kappa shape index (κ2) is 4.69. The van der Waals surface area contributed by atoms with Crippen LogP contribution in [0, 0.1) is 6.92 Å². The van der Waals surface area contributed by atoms with Crippen LogP contribution < -0.4 is 5.82 Å². The molecule has 1 heterocycles. The van der Waals surface area contributed by atoms with Crippen LogP contribution in [0.3, 0.4) is 0 Å². The van der Waals surface area contributed by atoms with Crippen LogP contribution in [-0.2, 0) is 11.3 Å². The number of esters is 1. The topological polar surface area (TPSA) is 69.7 Å². The van der Waals surface area contributed by atoms with E-state index in [1.54, 1.807) is 0 Å². The van der Waals surface area contributed by atoms with E-state index in [0.717, 1.165) is 5.56 Å². The molecule has 0 aliphatic rings. The van der Waals surface area contributed by atoms with E-state index in [4.69, 9.17) is 4.74 Å². The maximum Gasteiger partial charge on any atom is 0.519 e. The summed E-state index contributed by atoms with van der Waals surface area (Å²) < 4.78 is 14.1. The first-order valence-electron chi connectivity index (χ1n) is 4.98. The molecule has 0 saturated carbocycles. The van der Waals surface area contributed by atoms with Gasteiger partial charge in [0.05, 0.1) is 0 Å². The molecule has 0 radical (unpaired) electrons. The maximum atomic E-state index is 11.5. The third kappa shape index (κ3) is 2.63. The van der Waals surface area contributed by atoms with Gasteiger partial charge < -0.3 is 13.6 Å². The zero-order valence-electron chi connectivity index (χ0n) is 9.14. The lowest BCUT2D eigenvalue weighted by Crippen LogP contribution is -2.05. The zero-order chi connectivity index (χ0) is 12.3. The van der Waals surface area contributed by atoms with Crippen molar-refractivity contribution in [3.05, 3.63) is 58.0 Å². The van der Waals surface area contributed by atoms with Crippen molar-refractivity contribution in [2.24, 2.45) is 0 Å². The minimum atomic E-state index is -0.908. The third-order valence-electron chi connectivity index (χ3n) is 2.14. The number of carbonyl (C=O) groups excluding carboxylic acids is 1. The average molecular weight is 234 g/mol. The molecular formula is C12H10O5. The highest BCUT2D eigenvalue weighted by Gasteiger charge is 2.18. The Hall–Kier alpha value is -2.30. The Morgan fingerprint density at radius 1 is 1.24 bits per heavy atom. The molecule has 2 aromatic rings. The van der Waals surface area contributed by atoms with Gasteiger partial charge in [0.25, 0.3) is 5.76 Å². The summed E-state index contributed by atoms with van der Waals surface area (Å²) in [6.45, 7) is 1.58. The summed E-state index contributed by atoms with van der Waals surface area (Å²) in [5.74, 6) is -1.69. The van der Waals surface area contributed by atoms with Gasteiger partial charge in [-0.3, -0.25) is 0 Å². The molecule has 88 valence electrons. The molecule has 5 nitrogen and oxygen atoms in total. The van der Waals surface area contributed by atoms with Crippen LogP contribution >= 0.6 is 0 Å². The molecule has 0 saturated heterocycles. The number of rotatable bonds is 3. The quantitative estimate of drug-likeness (QED) is 0.758. The van der Waals surface area contributed by atoms with Gasteiger partial charge in [-0.25, -0.2) is 9.59 Å². The van der Waals surface area contributed by atoms with Crippen LogP contribution in [-0.4, -0.2) is 5.97 Å². The lowest BCUT2D eigenvalue weighted by Gasteiger charge is -2.02. The van der Waals surface area contributed by atoms with Crippen molar-refractivity contribution in [3.8, 4) is 0 Å². The Morgan fingerprint density at radius 3 is 2.53 bits per heavy atom. The molecule has 2 rings (SSSR count). The summed E-state index contributed by atoms with van der Waals surface area (Å²) in [5, 5.41) is 0. The Kier molecular flexibility index (Phi) is 3.09. The lowest BCUT2D eigenvalue weighted by atomic mass is 10.2. The fourth-order valence-electron chi connectivity index (χ4n) is 1.32. The van der Waals surface area contributed by atoms with Gasteiger partial charge in [-0.15, -0.1) is 0 Å². The highest BCUT2D eigenvalue weighted by atomic mass is 16.6. The molecule has 0 amide bonds. The summed E-state index contributed by atoms with van der Waals surface area (Å²) in [5.41, 5.74) is 0.851. The molecule has 1 aromatic heterocycles. The van der Waals surface area contributed by atoms with Crippen molar-refractivity contribution < 1.29 is 18.4 Å². The van der Waals surface area contributed by atoms with E-state index in [1.165, 1.54) is 6.92 Å². The van der Waals surface area contributed by atoms with Crippen molar-refractivity contribution in [3.63, 3.8) is 0 Å². The predicted molar refractivity (Wildman–Crippen MR) is 57.5 cm³/mol. The van der Waals surface area contributed by atoms with E-state index in [9.17, 15) is 9.59 Å². The average Bonchev–Trinajstić information content (AvgIpc) is 2.67. The minimum absolute atomic E-state index is 0.119. The van der Waals surface area contributed by atoms with Crippen molar-refractivity contribution in [2.45, 2.75) is 13.5 Å². The number of hydrogen-bond acceptors (Lipinski definition) is 5. The summed E-state index contributed by atoms with van der Waals surface area (Å²) in [4.78, 5) is 22.3. The monoisotopic (exact) mass is 234 g/mol. The van der Waals surface area contributed by atoms with Crippen LogP contribution in [0.15, 0.2) is 44.0 Å². The highest BCUT2D eigenvalue weighted by molar-refractivity contribution is 5.86. The molecule has 0 atom stereocenters. The summed E-state index contributed by atoms with van der Waals surface area (Å²) >= 11 is 0. The van der Waals surface area contributed by atoms with Crippen LogP contribution in [0.1, 0.15) is 21.9 Å². The fourth-order valence-corrected chi connectivity index (χ4v) is 1.32. The molecule has 0 fully saturated rings. The predicted octanol–water partition coefficient (Wildman–Crippen LogP) is 1.90. The standard InChI is InChI=1S/C12H10O5/c1-8-10(17-12(14)16-8)11(13)15-7-9-5-3-2-4-6-9/h2-6H,7H2,1H3. The second-order valence-corrected chi connectivity index (χ2v) is 3.40. The van der Waals surface area contributed by atoms with Crippen molar-refractivity contribution in [1.82, 2.24) is 0 Å². The number of benzene rings is 1. The molecule has 0 aliphatic heterocycles. The van der Waals surface area contributed by atoms with Crippen molar-refractivity contribution in [2.75, 3.05) is 0 Å². The van der Waals surface area contributed by atoms with E-state index in [1.807, 2.05) is 30.3 Å². The van der Waals surface area contributed by atoms with E-state index in [2.05, 4.69) is 8.83 Å². The zero-order valence-corrected chi connectivity index (χ0v) is 9.14. The van der Waals surface area contributed by atoms with E-state index >= 15 is 0 Å². The van der Waals surface area contributed by atoms with E-state index in [-0.39, 0.29) is 18.1 Å². The molecule has 0 unspecified atom stereocenters. The van der Waals surface area contributed by atoms with Gasteiger partial charge in [0, 0.05) is 0 Å². The normalized spacial score (nSPS) is 10.2.